The van der Waals surface area contributed by atoms with Gasteiger partial charge in [-0.15, -0.1) is 0 Å². The van der Waals surface area contributed by atoms with Crippen molar-refractivity contribution < 1.29 is 0 Å². The van der Waals surface area contributed by atoms with Gasteiger partial charge in [0.15, 0.2) is 0 Å². The monoisotopic (exact) mass is 215 g/mol. The molecule has 84 valence electrons. The highest BCUT2D eigenvalue weighted by molar-refractivity contribution is 5.10. The Morgan fingerprint density at radius 1 is 1.56 bits per heavy atom. The highest BCUT2D eigenvalue weighted by Gasteiger charge is 2.37. The van der Waals surface area contributed by atoms with Gasteiger partial charge in [0.05, 0.1) is 11.5 Å². The molecule has 0 radical (unpaired) electrons. The summed E-state index contributed by atoms with van der Waals surface area (Å²) < 4.78 is 0. The quantitative estimate of drug-likeness (QED) is 0.773. The Morgan fingerprint density at radius 2 is 2.38 bits per heavy atom. The predicted molar refractivity (Wildman–Crippen MR) is 62.5 cm³/mol. The second-order valence-electron chi connectivity index (χ2n) is 4.78. The van der Waals surface area contributed by atoms with Crippen LogP contribution < -0.4 is 0 Å². The van der Waals surface area contributed by atoms with Crippen LogP contribution in [0, 0.1) is 16.7 Å². The molecule has 0 unspecified atom stereocenters. The molecule has 1 saturated carbocycles. The van der Waals surface area contributed by atoms with E-state index >= 15 is 0 Å². The molecular weight excluding hydrogens is 198 g/mol. The molecule has 0 amide bonds. The summed E-state index contributed by atoms with van der Waals surface area (Å²) in [5.74, 6) is 0. The summed E-state index contributed by atoms with van der Waals surface area (Å²) in [6.45, 7) is 1.75. The molecule has 3 nitrogen and oxygen atoms in total. The molecule has 0 saturated heterocycles. The average Bonchev–Trinajstić information content (AvgIpc) is 2.25. The van der Waals surface area contributed by atoms with Gasteiger partial charge in [0.1, 0.15) is 0 Å². The molecule has 0 bridgehead atoms. The first kappa shape index (κ1) is 11.1. The van der Waals surface area contributed by atoms with Gasteiger partial charge in [0.2, 0.25) is 0 Å². The SMILES string of the molecule is CN(Cc1cccnc1)CC1(C#N)CCC1. The molecule has 1 heterocycles. The van der Waals surface area contributed by atoms with Gasteiger partial charge in [0, 0.05) is 25.5 Å². The molecule has 16 heavy (non-hydrogen) atoms. The summed E-state index contributed by atoms with van der Waals surface area (Å²) in [6.07, 6.45) is 6.98. The fourth-order valence-electron chi connectivity index (χ4n) is 2.28. The summed E-state index contributed by atoms with van der Waals surface area (Å²) in [7, 11) is 2.07. The standard InChI is InChI=1S/C13H17N3/c1-16(9-12-4-2-7-15-8-12)11-13(10-14)5-3-6-13/h2,4,7-8H,3,5-6,9,11H2,1H3. The minimum Gasteiger partial charge on any atom is -0.300 e. The van der Waals surface area contributed by atoms with E-state index in [4.69, 9.17) is 5.26 Å². The van der Waals surface area contributed by atoms with Crippen LogP contribution in [0.25, 0.3) is 0 Å². The highest BCUT2D eigenvalue weighted by atomic mass is 15.1. The molecule has 0 spiro atoms. The van der Waals surface area contributed by atoms with Crippen LogP contribution in [0.5, 0.6) is 0 Å². The van der Waals surface area contributed by atoms with Gasteiger partial charge in [-0.2, -0.15) is 5.26 Å². The van der Waals surface area contributed by atoms with Crippen molar-refractivity contribution in [3.63, 3.8) is 0 Å². The number of hydrogen-bond donors (Lipinski definition) is 0. The highest BCUT2D eigenvalue weighted by Crippen LogP contribution is 2.40. The van der Waals surface area contributed by atoms with Gasteiger partial charge >= 0.3 is 0 Å². The second kappa shape index (κ2) is 4.63. The maximum atomic E-state index is 9.16. The van der Waals surface area contributed by atoms with Crippen LogP contribution in [0.2, 0.25) is 0 Å². The van der Waals surface area contributed by atoms with Crippen LogP contribution in [0.1, 0.15) is 24.8 Å². The molecule has 0 aromatic carbocycles. The minimum absolute atomic E-state index is 0.0725. The summed E-state index contributed by atoms with van der Waals surface area (Å²) in [4.78, 5) is 6.32. The Kier molecular flexibility index (Phi) is 3.21. The van der Waals surface area contributed by atoms with Crippen molar-refractivity contribution in [1.82, 2.24) is 9.88 Å². The third kappa shape index (κ3) is 2.40. The summed E-state index contributed by atoms with van der Waals surface area (Å²) in [6, 6.07) is 6.50. The van der Waals surface area contributed by atoms with E-state index in [9.17, 15) is 0 Å². The van der Waals surface area contributed by atoms with Crippen molar-refractivity contribution in [2.45, 2.75) is 25.8 Å². The van der Waals surface area contributed by atoms with Gasteiger partial charge < -0.3 is 4.90 Å². The molecule has 1 aliphatic rings. The van der Waals surface area contributed by atoms with Crippen molar-refractivity contribution in [3.8, 4) is 6.07 Å². The molecule has 2 rings (SSSR count). The minimum atomic E-state index is -0.0725. The summed E-state index contributed by atoms with van der Waals surface area (Å²) in [5, 5.41) is 9.16. The molecule has 0 N–H and O–H groups in total. The van der Waals surface area contributed by atoms with Crippen molar-refractivity contribution in [2.24, 2.45) is 5.41 Å². The van der Waals surface area contributed by atoms with E-state index in [1.54, 1.807) is 6.20 Å². The lowest BCUT2D eigenvalue weighted by Gasteiger charge is -2.38. The van der Waals surface area contributed by atoms with Gasteiger partial charge in [-0.25, -0.2) is 0 Å². The largest absolute Gasteiger partial charge is 0.300 e. The topological polar surface area (TPSA) is 39.9 Å². The van der Waals surface area contributed by atoms with E-state index in [-0.39, 0.29) is 5.41 Å². The number of nitriles is 1. The van der Waals surface area contributed by atoms with E-state index in [1.165, 1.54) is 12.0 Å². The normalized spacial score (nSPS) is 17.8. The number of aromatic nitrogens is 1. The van der Waals surface area contributed by atoms with E-state index in [0.717, 1.165) is 25.9 Å². The number of rotatable bonds is 4. The van der Waals surface area contributed by atoms with Gasteiger partial charge in [-0.05, 0) is 31.5 Å². The fourth-order valence-corrected chi connectivity index (χ4v) is 2.28. The van der Waals surface area contributed by atoms with Crippen LogP contribution in [0.3, 0.4) is 0 Å². The van der Waals surface area contributed by atoms with Crippen molar-refractivity contribution >= 4 is 0 Å². The van der Waals surface area contributed by atoms with Crippen LogP contribution in [0.4, 0.5) is 0 Å². The Balaban J connectivity index is 1.90. The second-order valence-corrected chi connectivity index (χ2v) is 4.78. The molecule has 1 aromatic rings. The van der Waals surface area contributed by atoms with Crippen LogP contribution >= 0.6 is 0 Å². The third-order valence-electron chi connectivity index (χ3n) is 3.30. The maximum absolute atomic E-state index is 9.16. The van der Waals surface area contributed by atoms with Crippen molar-refractivity contribution in [1.29, 1.82) is 5.26 Å². The first-order valence-electron chi connectivity index (χ1n) is 5.73. The molecular formula is C13H17N3. The number of pyridine rings is 1. The lowest BCUT2D eigenvalue weighted by molar-refractivity contribution is 0.134. The zero-order valence-electron chi connectivity index (χ0n) is 9.69. The first-order chi connectivity index (χ1) is 7.74. The van der Waals surface area contributed by atoms with E-state index in [1.807, 2.05) is 12.3 Å². The smallest absolute Gasteiger partial charge is 0.0703 e. The van der Waals surface area contributed by atoms with Crippen LogP contribution in [-0.2, 0) is 6.54 Å². The zero-order chi connectivity index (χ0) is 11.4. The van der Waals surface area contributed by atoms with Crippen LogP contribution in [0.15, 0.2) is 24.5 Å². The molecule has 1 aromatic heterocycles. The molecule has 3 heteroatoms. The third-order valence-corrected chi connectivity index (χ3v) is 3.30. The van der Waals surface area contributed by atoms with Gasteiger partial charge in [-0.1, -0.05) is 12.5 Å². The molecule has 0 atom stereocenters. The van der Waals surface area contributed by atoms with E-state index in [0.29, 0.717) is 0 Å². The van der Waals surface area contributed by atoms with Gasteiger partial charge in [0.25, 0.3) is 0 Å². The maximum Gasteiger partial charge on any atom is 0.0703 e. The van der Waals surface area contributed by atoms with Gasteiger partial charge in [-0.3, -0.25) is 4.98 Å². The lowest BCUT2D eigenvalue weighted by Crippen LogP contribution is -2.39. The Bertz CT molecular complexity index is 376. The molecule has 1 aliphatic carbocycles. The van der Waals surface area contributed by atoms with E-state index < -0.39 is 0 Å². The Morgan fingerprint density at radius 3 is 2.88 bits per heavy atom. The zero-order valence-corrected chi connectivity index (χ0v) is 9.69. The fraction of sp³-hybridized carbons (Fsp3) is 0.538. The van der Waals surface area contributed by atoms with Crippen LogP contribution in [-0.4, -0.2) is 23.5 Å². The molecule has 0 aliphatic heterocycles. The summed E-state index contributed by atoms with van der Waals surface area (Å²) in [5.41, 5.74) is 1.13. The first-order valence-corrected chi connectivity index (χ1v) is 5.73. The Labute approximate surface area is 96.7 Å². The average molecular weight is 215 g/mol. The number of hydrogen-bond acceptors (Lipinski definition) is 3. The predicted octanol–water partition coefficient (Wildman–Crippen LogP) is 2.21. The van der Waals surface area contributed by atoms with E-state index in [2.05, 4.69) is 29.1 Å². The lowest BCUT2D eigenvalue weighted by atomic mass is 9.69. The number of nitrogens with zero attached hydrogens (tertiary/aromatic N) is 3. The Hall–Kier alpha value is -1.40. The van der Waals surface area contributed by atoms with Crippen molar-refractivity contribution in [2.75, 3.05) is 13.6 Å². The van der Waals surface area contributed by atoms with Crippen molar-refractivity contribution in [3.05, 3.63) is 30.1 Å². The molecule has 1 fully saturated rings. The summed E-state index contributed by atoms with van der Waals surface area (Å²) >= 11 is 0.